The van der Waals surface area contributed by atoms with E-state index >= 15 is 0 Å². The topological polar surface area (TPSA) is 161 Å². The highest BCUT2D eigenvalue weighted by Gasteiger charge is 2.58. The van der Waals surface area contributed by atoms with E-state index in [4.69, 9.17) is 15.2 Å². The smallest absolute Gasteiger partial charge is 0.328 e. The second kappa shape index (κ2) is 9.84. The highest BCUT2D eigenvalue weighted by molar-refractivity contribution is 8.00. The summed E-state index contributed by atoms with van der Waals surface area (Å²) in [4.78, 5) is 66.7. The molecular weight excluding hydrogens is 524 g/mol. The Morgan fingerprint density at radius 1 is 1.19 bits per heavy atom. The van der Waals surface area contributed by atoms with E-state index in [1.54, 1.807) is 24.0 Å². The molecule has 2 aromatic rings. The van der Waals surface area contributed by atoms with E-state index in [1.807, 2.05) is 0 Å². The Morgan fingerprint density at radius 3 is 2.59 bits per heavy atom. The van der Waals surface area contributed by atoms with Gasteiger partial charge >= 0.3 is 10.9 Å². The molecule has 3 aliphatic rings. The number of morpholine rings is 1. The SMILES string of the molecule is CCOc1cc([C@@H]2c3sc(=O)n(CC(=O)N4CCOCC4)c3SC3C(=O)N(C(N)=O)C(=O)C32)ccc1O. The monoisotopic (exact) mass is 548 g/mol. The minimum absolute atomic E-state index is 0.109. The zero-order valence-electron chi connectivity index (χ0n) is 19.7. The number of nitrogens with zero attached hydrogens (tertiary/aromatic N) is 3. The van der Waals surface area contributed by atoms with Crippen molar-refractivity contribution in [2.45, 2.75) is 29.7 Å². The Balaban J connectivity index is 1.61. The Morgan fingerprint density at radius 2 is 1.92 bits per heavy atom. The van der Waals surface area contributed by atoms with Crippen LogP contribution >= 0.6 is 23.1 Å². The number of primary amides is 1. The largest absolute Gasteiger partial charge is 0.504 e. The fourth-order valence-corrected chi connectivity index (χ4v) is 7.65. The number of urea groups is 1. The molecule has 1 aromatic carbocycles. The number of rotatable bonds is 5. The highest BCUT2D eigenvalue weighted by Crippen LogP contribution is 2.53. The van der Waals surface area contributed by atoms with Crippen LogP contribution in [0, 0.1) is 5.92 Å². The lowest BCUT2D eigenvalue weighted by atomic mass is 9.83. The zero-order valence-corrected chi connectivity index (χ0v) is 21.4. The summed E-state index contributed by atoms with van der Waals surface area (Å²) in [6.07, 6.45) is 0. The molecule has 0 saturated carbocycles. The summed E-state index contributed by atoms with van der Waals surface area (Å²) in [5, 5.41) is 9.57. The van der Waals surface area contributed by atoms with Crippen LogP contribution in [0.4, 0.5) is 4.79 Å². The summed E-state index contributed by atoms with van der Waals surface area (Å²) >= 11 is 1.87. The van der Waals surface area contributed by atoms with Crippen molar-refractivity contribution < 1.29 is 33.8 Å². The molecular formula is C23H24N4O8S2. The number of carbonyl (C=O) groups is 4. The maximum atomic E-state index is 13.3. The van der Waals surface area contributed by atoms with Crippen molar-refractivity contribution in [2.24, 2.45) is 11.7 Å². The number of imide groups is 3. The van der Waals surface area contributed by atoms with Gasteiger partial charge in [-0.3, -0.25) is 23.7 Å². The van der Waals surface area contributed by atoms with Crippen LogP contribution in [-0.4, -0.2) is 81.4 Å². The zero-order chi connectivity index (χ0) is 26.4. The number of likely N-dealkylation sites (tertiary alicyclic amines) is 1. The van der Waals surface area contributed by atoms with Gasteiger partial charge in [0.15, 0.2) is 11.5 Å². The lowest BCUT2D eigenvalue weighted by molar-refractivity contribution is -0.137. The number of nitrogens with two attached hydrogens (primary N) is 1. The van der Waals surface area contributed by atoms with Gasteiger partial charge in [0.1, 0.15) is 11.8 Å². The van der Waals surface area contributed by atoms with Gasteiger partial charge in [0.05, 0.1) is 30.8 Å². The third-order valence-electron chi connectivity index (χ3n) is 6.57. The predicted octanol–water partition coefficient (Wildman–Crippen LogP) is 0.543. The van der Waals surface area contributed by atoms with Gasteiger partial charge in [-0.2, -0.15) is 4.90 Å². The van der Waals surface area contributed by atoms with Gasteiger partial charge in [-0.15, -0.1) is 0 Å². The van der Waals surface area contributed by atoms with Crippen molar-refractivity contribution in [2.75, 3.05) is 32.9 Å². The van der Waals surface area contributed by atoms with E-state index < -0.39 is 39.8 Å². The van der Waals surface area contributed by atoms with Crippen molar-refractivity contribution in [1.82, 2.24) is 14.4 Å². The Kier molecular flexibility index (Phi) is 6.72. The van der Waals surface area contributed by atoms with E-state index in [2.05, 4.69) is 0 Å². The molecule has 3 atom stereocenters. The lowest BCUT2D eigenvalue weighted by Gasteiger charge is -2.31. The average molecular weight is 549 g/mol. The van der Waals surface area contributed by atoms with Gasteiger partial charge in [-0.1, -0.05) is 29.2 Å². The van der Waals surface area contributed by atoms with Crippen LogP contribution in [0.3, 0.4) is 0 Å². The number of hydrogen-bond donors (Lipinski definition) is 2. The number of thiazole rings is 1. The third-order valence-corrected chi connectivity index (χ3v) is 9.17. The van der Waals surface area contributed by atoms with Crippen molar-refractivity contribution >= 4 is 46.9 Å². The van der Waals surface area contributed by atoms with E-state index in [0.29, 0.717) is 46.7 Å². The molecule has 0 radical (unpaired) electrons. The van der Waals surface area contributed by atoms with Crippen molar-refractivity contribution in [3.63, 3.8) is 0 Å². The maximum absolute atomic E-state index is 13.3. The molecule has 5 amide bonds. The standard InChI is InChI=1S/C23H24N4O8S2/c1-2-35-13-9-11(3-4-12(13)28)15-16-17(20(31)27(19(16)30)22(24)32)36-21-18(15)37-23(33)26(21)10-14(29)25-5-7-34-8-6-25/h3-4,9,15-17,28H,2,5-8,10H2,1H3,(H2,24,32)/t15-,16?,17?/m0/s1. The molecule has 196 valence electrons. The van der Waals surface area contributed by atoms with E-state index in [1.165, 1.54) is 10.6 Å². The van der Waals surface area contributed by atoms with Gasteiger partial charge in [-0.05, 0) is 24.6 Å². The van der Waals surface area contributed by atoms with Crippen molar-refractivity contribution in [3.8, 4) is 11.5 Å². The summed E-state index contributed by atoms with van der Waals surface area (Å²) in [6.45, 7) is 3.43. The quantitative estimate of drug-likeness (QED) is 0.508. The first-order valence-electron chi connectivity index (χ1n) is 11.6. The Hall–Kier alpha value is -3.36. The van der Waals surface area contributed by atoms with Crippen LogP contribution in [0.1, 0.15) is 23.3 Å². The van der Waals surface area contributed by atoms with E-state index in [0.717, 1.165) is 23.1 Å². The second-order valence-electron chi connectivity index (χ2n) is 8.67. The van der Waals surface area contributed by atoms with E-state index in [-0.39, 0.29) is 30.6 Å². The number of fused-ring (bicyclic) bond motifs is 2. The molecule has 37 heavy (non-hydrogen) atoms. The Labute approximate surface area is 218 Å². The molecule has 5 rings (SSSR count). The number of amides is 5. The number of phenolic OH excluding ortho intramolecular Hbond substituents is 1. The number of hydrogen-bond acceptors (Lipinski definition) is 10. The minimum atomic E-state index is -1.17. The number of ether oxygens (including phenoxy) is 2. The molecule has 2 unspecified atom stereocenters. The summed E-state index contributed by atoms with van der Waals surface area (Å²) in [7, 11) is 0. The van der Waals surface area contributed by atoms with Crippen molar-refractivity contribution in [1.29, 1.82) is 0 Å². The number of aromatic hydroxyl groups is 1. The second-order valence-corrected chi connectivity index (χ2v) is 10.8. The van der Waals surface area contributed by atoms with Crippen LogP contribution in [-0.2, 0) is 25.7 Å². The molecule has 0 aliphatic carbocycles. The first-order chi connectivity index (χ1) is 17.7. The first kappa shape index (κ1) is 25.3. The fourth-order valence-electron chi connectivity index (χ4n) is 4.87. The molecule has 4 heterocycles. The number of carbonyl (C=O) groups excluding carboxylic acids is 4. The minimum Gasteiger partial charge on any atom is -0.504 e. The van der Waals surface area contributed by atoms with Gasteiger partial charge in [-0.25, -0.2) is 4.79 Å². The van der Waals surface area contributed by atoms with Gasteiger partial charge in [0.25, 0.3) is 5.91 Å². The Bertz CT molecular complexity index is 1350. The number of aromatic nitrogens is 1. The fraction of sp³-hybridized carbons (Fsp3) is 0.435. The summed E-state index contributed by atoms with van der Waals surface area (Å²) in [6, 6.07) is 3.37. The molecule has 0 bridgehead atoms. The summed E-state index contributed by atoms with van der Waals surface area (Å²) in [5.74, 6) is -3.54. The van der Waals surface area contributed by atoms with Crippen LogP contribution in [0.2, 0.25) is 0 Å². The molecule has 0 spiro atoms. The van der Waals surface area contributed by atoms with Crippen molar-refractivity contribution in [3.05, 3.63) is 38.3 Å². The number of benzene rings is 1. The van der Waals surface area contributed by atoms with Crippen LogP contribution in [0.15, 0.2) is 28.0 Å². The molecule has 3 N–H and O–H groups in total. The molecule has 2 fully saturated rings. The predicted molar refractivity (Wildman–Crippen MR) is 132 cm³/mol. The summed E-state index contributed by atoms with van der Waals surface area (Å²) in [5.41, 5.74) is 5.87. The number of phenols is 1. The summed E-state index contributed by atoms with van der Waals surface area (Å²) < 4.78 is 12.1. The normalized spacial score (nSPS) is 23.1. The third kappa shape index (κ3) is 4.28. The van der Waals surface area contributed by atoms with Gasteiger partial charge < -0.3 is 25.2 Å². The molecule has 2 saturated heterocycles. The van der Waals surface area contributed by atoms with Crippen LogP contribution in [0.25, 0.3) is 0 Å². The van der Waals surface area contributed by atoms with E-state index in [9.17, 15) is 29.1 Å². The van der Waals surface area contributed by atoms with Gasteiger partial charge in [0, 0.05) is 23.9 Å². The maximum Gasteiger partial charge on any atom is 0.328 e. The molecule has 14 heteroatoms. The number of thioether (sulfide) groups is 1. The van der Waals surface area contributed by atoms with Crippen LogP contribution in [0.5, 0.6) is 11.5 Å². The molecule has 12 nitrogen and oxygen atoms in total. The van der Waals surface area contributed by atoms with Crippen LogP contribution < -0.4 is 15.3 Å². The highest BCUT2D eigenvalue weighted by atomic mass is 32.2. The molecule has 1 aromatic heterocycles. The average Bonchev–Trinajstić information content (AvgIpc) is 3.32. The van der Waals surface area contributed by atoms with Gasteiger partial charge in [0.2, 0.25) is 11.8 Å². The molecule has 3 aliphatic heterocycles. The first-order valence-corrected chi connectivity index (χ1v) is 13.3. The lowest BCUT2D eigenvalue weighted by Crippen LogP contribution is -2.43.